The summed E-state index contributed by atoms with van der Waals surface area (Å²) in [4.78, 5) is 24.1. The van der Waals surface area contributed by atoms with E-state index in [1.807, 2.05) is 10.9 Å². The molecule has 1 aromatic carbocycles. The molecule has 1 amide bonds. The van der Waals surface area contributed by atoms with Crippen LogP contribution in [0.4, 0.5) is 8.78 Å². The highest BCUT2D eigenvalue weighted by molar-refractivity contribution is 5.96. The maximum absolute atomic E-state index is 14.8. The molecule has 2 atom stereocenters. The van der Waals surface area contributed by atoms with Gasteiger partial charge in [-0.15, -0.1) is 0 Å². The smallest absolute Gasteiger partial charge is 0.272 e. The van der Waals surface area contributed by atoms with E-state index in [-0.39, 0.29) is 23.5 Å². The Morgan fingerprint density at radius 1 is 1.12 bits per heavy atom. The Hall–Kier alpha value is -3.20. The first kappa shape index (κ1) is 21.3. The number of halogens is 2. The van der Waals surface area contributed by atoms with Crippen LogP contribution in [-0.2, 0) is 11.2 Å². The van der Waals surface area contributed by atoms with Crippen LogP contribution in [0.1, 0.15) is 71.2 Å². The lowest BCUT2D eigenvalue weighted by Crippen LogP contribution is -2.36. The number of hydrogen-bond acceptors (Lipinski definition) is 5. The minimum Gasteiger partial charge on any atom is -0.373 e. The topological polar surface area (TPSA) is 73.1 Å². The van der Waals surface area contributed by atoms with Gasteiger partial charge in [0, 0.05) is 55.1 Å². The largest absolute Gasteiger partial charge is 0.373 e. The van der Waals surface area contributed by atoms with E-state index < -0.39 is 11.6 Å². The molecule has 1 saturated heterocycles. The van der Waals surface area contributed by atoms with Crippen LogP contribution in [0.5, 0.6) is 0 Å². The molecule has 1 saturated carbocycles. The van der Waals surface area contributed by atoms with Crippen LogP contribution in [0.15, 0.2) is 30.6 Å². The van der Waals surface area contributed by atoms with Crippen LogP contribution >= 0.6 is 0 Å². The molecule has 2 aliphatic heterocycles. The van der Waals surface area contributed by atoms with E-state index in [2.05, 4.69) is 11.3 Å². The van der Waals surface area contributed by atoms with Crippen LogP contribution in [0.2, 0.25) is 0 Å². The number of likely N-dealkylation sites (N-methyl/N-ethyl adjacent to an activating group) is 1. The minimum absolute atomic E-state index is 0.0596. The van der Waals surface area contributed by atoms with Crippen LogP contribution in [-0.4, -0.2) is 50.8 Å². The summed E-state index contributed by atoms with van der Waals surface area (Å²) in [5.41, 5.74) is 2.51. The molecular weight excluding hydrogens is 440 g/mol. The summed E-state index contributed by atoms with van der Waals surface area (Å²) in [5.74, 6) is -1.11. The number of ether oxygens (including phenoxy) is 1. The Morgan fingerprint density at radius 2 is 1.94 bits per heavy atom. The predicted molar refractivity (Wildman–Crippen MR) is 119 cm³/mol. The third kappa shape index (κ3) is 3.77. The average Bonchev–Trinajstić information content (AvgIpc) is 3.57. The molecule has 0 radical (unpaired) electrons. The van der Waals surface area contributed by atoms with Gasteiger partial charge in [0.05, 0.1) is 24.0 Å². The van der Waals surface area contributed by atoms with E-state index in [9.17, 15) is 13.6 Å². The van der Waals surface area contributed by atoms with Crippen molar-refractivity contribution in [3.63, 3.8) is 0 Å². The van der Waals surface area contributed by atoms with Gasteiger partial charge in [-0.05, 0) is 44.2 Å². The third-order valence-electron chi connectivity index (χ3n) is 7.02. The van der Waals surface area contributed by atoms with Crippen molar-refractivity contribution < 1.29 is 18.3 Å². The zero-order valence-electron chi connectivity index (χ0n) is 18.9. The Balaban J connectivity index is 1.38. The van der Waals surface area contributed by atoms with Crippen molar-refractivity contribution in [1.29, 1.82) is 0 Å². The molecule has 9 heteroatoms. The van der Waals surface area contributed by atoms with Gasteiger partial charge in [-0.25, -0.2) is 18.7 Å². The molecule has 7 nitrogen and oxygen atoms in total. The molecule has 1 aliphatic carbocycles. The molecule has 6 rings (SSSR count). The molecule has 3 aliphatic rings. The Labute approximate surface area is 195 Å². The van der Waals surface area contributed by atoms with Crippen molar-refractivity contribution >= 4 is 5.91 Å². The molecular formula is C25H25F2N5O2. The zero-order chi connectivity index (χ0) is 23.4. The number of aromatic nitrogens is 4. The number of hydrogen-bond donors (Lipinski definition) is 0. The molecule has 0 bridgehead atoms. The lowest BCUT2D eigenvalue weighted by molar-refractivity contribution is 0.00387. The fourth-order valence-electron chi connectivity index (χ4n) is 4.89. The molecule has 4 heterocycles. The number of nitrogens with zero attached hydrogens (tertiary/aromatic N) is 5. The molecule has 34 heavy (non-hydrogen) atoms. The van der Waals surface area contributed by atoms with E-state index in [1.54, 1.807) is 11.9 Å². The first-order valence-corrected chi connectivity index (χ1v) is 11.8. The maximum atomic E-state index is 14.8. The van der Waals surface area contributed by atoms with Crippen molar-refractivity contribution in [2.75, 3.05) is 20.2 Å². The summed E-state index contributed by atoms with van der Waals surface area (Å²) in [6, 6.07) is 3.94. The van der Waals surface area contributed by atoms with Crippen molar-refractivity contribution in [3.05, 3.63) is 64.9 Å². The minimum atomic E-state index is -0.699. The molecule has 0 unspecified atom stereocenters. The number of carbonyl (C=O) groups excluding carboxylic acids is 1. The molecule has 2 aromatic heterocycles. The van der Waals surface area contributed by atoms with Crippen LogP contribution in [0.3, 0.4) is 0 Å². The summed E-state index contributed by atoms with van der Waals surface area (Å²) < 4.78 is 36.4. The number of fused-ring (bicyclic) bond motifs is 1. The monoisotopic (exact) mass is 465 g/mol. The second-order valence-corrected chi connectivity index (χ2v) is 9.42. The first-order valence-electron chi connectivity index (χ1n) is 11.8. The Kier molecular flexibility index (Phi) is 5.17. The van der Waals surface area contributed by atoms with E-state index in [4.69, 9.17) is 14.7 Å². The van der Waals surface area contributed by atoms with Crippen molar-refractivity contribution in [3.8, 4) is 11.3 Å². The maximum Gasteiger partial charge on any atom is 0.272 e. The molecule has 176 valence electrons. The summed E-state index contributed by atoms with van der Waals surface area (Å²) in [7, 11) is 1.73. The molecule has 2 fully saturated rings. The summed E-state index contributed by atoms with van der Waals surface area (Å²) in [6.45, 7) is 1.02. The van der Waals surface area contributed by atoms with Crippen molar-refractivity contribution in [2.45, 2.75) is 50.2 Å². The van der Waals surface area contributed by atoms with E-state index in [1.165, 1.54) is 12.1 Å². The summed E-state index contributed by atoms with van der Waals surface area (Å²) in [5, 5.41) is 4.48. The lowest BCUT2D eigenvalue weighted by Gasteiger charge is -2.30. The third-order valence-corrected chi connectivity index (χ3v) is 7.02. The van der Waals surface area contributed by atoms with Crippen molar-refractivity contribution in [1.82, 2.24) is 24.6 Å². The SMILES string of the molecule is CN1CCc2c(nc([C@H]3CCO[C@@H](c4cnn(C5CC5)c4)C3)nc2-c2ccc(F)cc2F)C1=O. The van der Waals surface area contributed by atoms with Gasteiger partial charge in [-0.2, -0.15) is 5.10 Å². The van der Waals surface area contributed by atoms with Crippen molar-refractivity contribution in [2.24, 2.45) is 0 Å². The van der Waals surface area contributed by atoms with E-state index >= 15 is 0 Å². The second-order valence-electron chi connectivity index (χ2n) is 9.42. The Bertz CT molecular complexity index is 1270. The van der Waals surface area contributed by atoms with E-state index in [0.29, 0.717) is 61.2 Å². The number of amides is 1. The Morgan fingerprint density at radius 3 is 2.74 bits per heavy atom. The van der Waals surface area contributed by atoms with Crippen LogP contribution in [0.25, 0.3) is 11.3 Å². The molecule has 3 aromatic rings. The van der Waals surface area contributed by atoms with Gasteiger partial charge in [0.2, 0.25) is 0 Å². The van der Waals surface area contributed by atoms with Crippen LogP contribution < -0.4 is 0 Å². The van der Waals surface area contributed by atoms with Gasteiger partial charge in [0.15, 0.2) is 0 Å². The quantitative estimate of drug-likeness (QED) is 0.577. The summed E-state index contributed by atoms with van der Waals surface area (Å²) >= 11 is 0. The van der Waals surface area contributed by atoms with Gasteiger partial charge in [0.1, 0.15) is 23.2 Å². The van der Waals surface area contributed by atoms with Crippen LogP contribution in [0, 0.1) is 11.6 Å². The van der Waals surface area contributed by atoms with Gasteiger partial charge in [-0.3, -0.25) is 9.48 Å². The van der Waals surface area contributed by atoms with Gasteiger partial charge in [0.25, 0.3) is 5.91 Å². The highest BCUT2D eigenvalue weighted by Gasteiger charge is 2.34. The number of benzene rings is 1. The summed E-state index contributed by atoms with van der Waals surface area (Å²) in [6.07, 6.45) is 7.93. The number of carbonyl (C=O) groups is 1. The highest BCUT2D eigenvalue weighted by Crippen LogP contribution is 2.40. The number of rotatable bonds is 4. The fraction of sp³-hybridized carbons (Fsp3) is 0.440. The normalized spacial score (nSPS) is 22.7. The predicted octanol–water partition coefficient (Wildman–Crippen LogP) is 4.22. The highest BCUT2D eigenvalue weighted by atomic mass is 19.1. The zero-order valence-corrected chi connectivity index (χ0v) is 18.9. The average molecular weight is 466 g/mol. The molecule has 0 N–H and O–H groups in total. The van der Waals surface area contributed by atoms with E-state index in [0.717, 1.165) is 24.5 Å². The van der Waals surface area contributed by atoms with Gasteiger partial charge < -0.3 is 9.64 Å². The standard InChI is InChI=1S/C25H25F2N5O2/c1-31-8-6-19-22(18-5-2-16(26)11-20(18)27)29-24(30-23(19)25(31)33)14-7-9-34-21(10-14)15-12-28-32(13-15)17-3-4-17/h2,5,11-14,17,21H,3-4,6-10H2,1H3/t14-,21+/m0/s1. The second kappa shape index (κ2) is 8.23. The lowest BCUT2D eigenvalue weighted by atomic mass is 9.91. The molecule has 0 spiro atoms. The van der Waals surface area contributed by atoms with Gasteiger partial charge >= 0.3 is 0 Å². The fourth-order valence-corrected chi connectivity index (χ4v) is 4.89. The van der Waals surface area contributed by atoms with Gasteiger partial charge in [-0.1, -0.05) is 0 Å². The first-order chi connectivity index (χ1) is 16.5.